The van der Waals surface area contributed by atoms with E-state index in [2.05, 4.69) is 11.4 Å². The van der Waals surface area contributed by atoms with E-state index in [0.29, 0.717) is 5.69 Å². The predicted molar refractivity (Wildman–Crippen MR) is 134 cm³/mol. The number of carbonyl (C=O) groups excluding carboxylic acids is 2. The number of aryl methyl sites for hydroxylation is 1. The second-order valence-corrected chi connectivity index (χ2v) is 10.2. The van der Waals surface area contributed by atoms with Gasteiger partial charge in [-0.05, 0) is 67.6 Å². The van der Waals surface area contributed by atoms with Crippen molar-refractivity contribution in [1.29, 1.82) is 0 Å². The zero-order valence-electron chi connectivity index (χ0n) is 19.5. The summed E-state index contributed by atoms with van der Waals surface area (Å²) in [4.78, 5) is 25.1. The molecule has 182 valence electrons. The van der Waals surface area contributed by atoms with E-state index in [4.69, 9.17) is 4.74 Å². The molecule has 1 atom stereocenters. The Labute approximate surface area is 205 Å². The van der Waals surface area contributed by atoms with Crippen LogP contribution in [0.4, 0.5) is 5.69 Å². The van der Waals surface area contributed by atoms with Crippen LogP contribution in [0.5, 0.6) is 0 Å². The topological polar surface area (TPSA) is 92.8 Å². The smallest absolute Gasteiger partial charge is 0.338 e. The summed E-state index contributed by atoms with van der Waals surface area (Å²) < 4.78 is 32.9. The Morgan fingerprint density at radius 2 is 1.74 bits per heavy atom. The van der Waals surface area contributed by atoms with Crippen LogP contribution >= 0.6 is 0 Å². The van der Waals surface area contributed by atoms with Gasteiger partial charge in [0.25, 0.3) is 15.9 Å². The number of rotatable bonds is 8. The van der Waals surface area contributed by atoms with Gasteiger partial charge in [-0.2, -0.15) is 0 Å². The Morgan fingerprint density at radius 3 is 2.51 bits per heavy atom. The number of sulfonamides is 1. The number of benzene rings is 3. The molecular weight excluding hydrogens is 464 g/mol. The van der Waals surface area contributed by atoms with E-state index in [1.165, 1.54) is 34.1 Å². The highest BCUT2D eigenvalue weighted by Crippen LogP contribution is 2.29. The highest BCUT2D eigenvalue weighted by atomic mass is 32.2. The van der Waals surface area contributed by atoms with Gasteiger partial charge < -0.3 is 10.1 Å². The maximum Gasteiger partial charge on any atom is 0.338 e. The molecule has 0 aliphatic heterocycles. The number of hydrogen-bond acceptors (Lipinski definition) is 5. The van der Waals surface area contributed by atoms with Crippen LogP contribution in [-0.4, -0.2) is 33.4 Å². The van der Waals surface area contributed by atoms with Crippen molar-refractivity contribution in [1.82, 2.24) is 5.32 Å². The maximum atomic E-state index is 13.2. The molecule has 0 radical (unpaired) electrons. The fourth-order valence-electron chi connectivity index (χ4n) is 4.35. The van der Waals surface area contributed by atoms with Crippen molar-refractivity contribution >= 4 is 27.6 Å². The Hall–Kier alpha value is -3.65. The van der Waals surface area contributed by atoms with Gasteiger partial charge >= 0.3 is 5.97 Å². The molecule has 0 unspecified atom stereocenters. The number of nitrogens with one attached hydrogen (secondary N) is 1. The number of esters is 1. The van der Waals surface area contributed by atoms with Gasteiger partial charge in [-0.3, -0.25) is 9.10 Å². The quantitative estimate of drug-likeness (QED) is 0.475. The van der Waals surface area contributed by atoms with Crippen molar-refractivity contribution in [3.8, 4) is 0 Å². The zero-order valence-corrected chi connectivity index (χ0v) is 20.3. The average Bonchev–Trinajstić information content (AvgIpc) is 2.88. The Bertz CT molecular complexity index is 1310. The number of amides is 1. The van der Waals surface area contributed by atoms with Gasteiger partial charge in [0, 0.05) is 6.54 Å². The normalized spacial score (nSPS) is 15.1. The summed E-state index contributed by atoms with van der Waals surface area (Å²) in [6, 6.07) is 22.3. The van der Waals surface area contributed by atoms with E-state index in [-0.39, 0.29) is 23.0 Å². The second kappa shape index (κ2) is 10.7. The van der Waals surface area contributed by atoms with Crippen LogP contribution in [0.2, 0.25) is 0 Å². The molecule has 1 N–H and O–H groups in total. The van der Waals surface area contributed by atoms with Crippen molar-refractivity contribution in [3.05, 3.63) is 95.6 Å². The molecule has 35 heavy (non-hydrogen) atoms. The lowest BCUT2D eigenvalue weighted by Gasteiger charge is -2.26. The summed E-state index contributed by atoms with van der Waals surface area (Å²) in [7, 11) is -3.89. The number of anilines is 1. The largest absolute Gasteiger partial charge is 0.452 e. The summed E-state index contributed by atoms with van der Waals surface area (Å²) in [5.74, 6) is -1.16. The van der Waals surface area contributed by atoms with E-state index in [9.17, 15) is 18.0 Å². The van der Waals surface area contributed by atoms with Crippen molar-refractivity contribution < 1.29 is 22.7 Å². The highest BCUT2D eigenvalue weighted by molar-refractivity contribution is 7.92. The first-order chi connectivity index (χ1) is 16.9. The van der Waals surface area contributed by atoms with E-state index in [0.717, 1.165) is 24.8 Å². The fourth-order valence-corrected chi connectivity index (χ4v) is 5.87. The lowest BCUT2D eigenvalue weighted by atomic mass is 9.88. The van der Waals surface area contributed by atoms with Crippen molar-refractivity contribution in [2.24, 2.45) is 0 Å². The Kier molecular flexibility index (Phi) is 7.51. The highest BCUT2D eigenvalue weighted by Gasteiger charge is 2.25. The van der Waals surface area contributed by atoms with E-state index >= 15 is 0 Å². The minimum absolute atomic E-state index is 0.0269. The van der Waals surface area contributed by atoms with Gasteiger partial charge in [-0.25, -0.2) is 13.2 Å². The molecule has 1 aliphatic carbocycles. The molecule has 0 saturated heterocycles. The lowest BCUT2D eigenvalue weighted by Crippen LogP contribution is -2.34. The molecule has 0 heterocycles. The predicted octanol–water partition coefficient (Wildman–Crippen LogP) is 4.25. The molecule has 3 aromatic rings. The number of fused-ring (bicyclic) bond motifs is 1. The summed E-state index contributed by atoms with van der Waals surface area (Å²) >= 11 is 0. The van der Waals surface area contributed by atoms with E-state index < -0.39 is 28.5 Å². The maximum absolute atomic E-state index is 13.2. The average molecular weight is 493 g/mol. The number of carbonyl (C=O) groups is 2. The first-order valence-corrected chi connectivity index (χ1v) is 13.1. The molecule has 0 aromatic heterocycles. The third kappa shape index (κ3) is 5.54. The molecule has 0 spiro atoms. The Morgan fingerprint density at radius 1 is 1.00 bits per heavy atom. The molecule has 1 amide bonds. The summed E-state index contributed by atoms with van der Waals surface area (Å²) in [6.07, 6.45) is 2.78. The van der Waals surface area contributed by atoms with E-state index in [1.54, 1.807) is 31.2 Å². The number of hydrogen-bond donors (Lipinski definition) is 1. The van der Waals surface area contributed by atoms with Crippen LogP contribution in [0, 0.1) is 0 Å². The summed E-state index contributed by atoms with van der Waals surface area (Å²) in [5.41, 5.74) is 2.90. The molecule has 4 rings (SSSR count). The van der Waals surface area contributed by atoms with Crippen LogP contribution < -0.4 is 9.62 Å². The van der Waals surface area contributed by atoms with Gasteiger partial charge in [-0.1, -0.05) is 48.5 Å². The van der Waals surface area contributed by atoms with Crippen molar-refractivity contribution in [2.45, 2.75) is 37.1 Å². The van der Waals surface area contributed by atoms with E-state index in [1.807, 2.05) is 24.3 Å². The van der Waals surface area contributed by atoms with Crippen LogP contribution in [0.3, 0.4) is 0 Å². The second-order valence-electron chi connectivity index (χ2n) is 8.32. The molecule has 8 heteroatoms. The molecule has 7 nitrogen and oxygen atoms in total. The SMILES string of the molecule is CCN(c1ccccc1)S(=O)(=O)c1cccc(C(=O)OCC(=O)N[C@H]2CCCc3ccccc32)c1. The van der Waals surface area contributed by atoms with Crippen LogP contribution in [0.15, 0.2) is 83.8 Å². The zero-order chi connectivity index (χ0) is 24.8. The van der Waals surface area contributed by atoms with Crippen molar-refractivity contribution in [2.75, 3.05) is 17.5 Å². The summed E-state index contributed by atoms with van der Waals surface area (Å²) in [5, 5.41) is 2.94. The van der Waals surface area contributed by atoms with Crippen LogP contribution in [-0.2, 0) is 26.0 Å². The minimum atomic E-state index is -3.89. The van der Waals surface area contributed by atoms with Crippen LogP contribution in [0.1, 0.15) is 47.3 Å². The third-order valence-corrected chi connectivity index (χ3v) is 7.93. The minimum Gasteiger partial charge on any atom is -0.452 e. The Balaban J connectivity index is 1.42. The van der Waals surface area contributed by atoms with Gasteiger partial charge in [0.05, 0.1) is 22.2 Å². The molecule has 0 saturated carbocycles. The van der Waals surface area contributed by atoms with Gasteiger partial charge in [0.15, 0.2) is 6.61 Å². The van der Waals surface area contributed by atoms with Gasteiger partial charge in [0.2, 0.25) is 0 Å². The van der Waals surface area contributed by atoms with Crippen LogP contribution in [0.25, 0.3) is 0 Å². The molecule has 0 bridgehead atoms. The third-order valence-electron chi connectivity index (χ3n) is 6.03. The molecular formula is C27H28N2O5S. The summed E-state index contributed by atoms with van der Waals surface area (Å²) in [6.45, 7) is 1.52. The standard InChI is InChI=1S/C27H28N2O5S/c1-2-29(22-13-4-3-5-14-22)35(32,33)23-15-8-12-21(18-23)27(31)34-19-26(30)28-25-17-9-11-20-10-6-7-16-24(20)25/h3-8,10,12-16,18,25H,2,9,11,17,19H2,1H3,(H,28,30)/t25-/m0/s1. The molecule has 1 aliphatic rings. The number of para-hydroxylation sites is 1. The van der Waals surface area contributed by atoms with Gasteiger partial charge in [0.1, 0.15) is 0 Å². The fraction of sp³-hybridized carbons (Fsp3) is 0.259. The number of ether oxygens (including phenoxy) is 1. The lowest BCUT2D eigenvalue weighted by molar-refractivity contribution is -0.125. The van der Waals surface area contributed by atoms with Crippen molar-refractivity contribution in [3.63, 3.8) is 0 Å². The van der Waals surface area contributed by atoms with Gasteiger partial charge in [-0.15, -0.1) is 0 Å². The monoisotopic (exact) mass is 492 g/mol. The first kappa shape index (κ1) is 24.5. The number of nitrogens with zero attached hydrogens (tertiary/aromatic N) is 1. The first-order valence-electron chi connectivity index (χ1n) is 11.6. The molecule has 3 aromatic carbocycles. The molecule has 0 fully saturated rings.